The van der Waals surface area contributed by atoms with Gasteiger partial charge in [-0.05, 0) is 18.9 Å². The largest absolute Gasteiger partial charge is 0.377 e. The molecule has 0 aromatic rings. The summed E-state index contributed by atoms with van der Waals surface area (Å²) >= 11 is 0. The van der Waals surface area contributed by atoms with Crippen LogP contribution < -0.4 is 5.32 Å². The predicted octanol–water partition coefficient (Wildman–Crippen LogP) is 1.22. The van der Waals surface area contributed by atoms with Crippen LogP contribution in [-0.4, -0.2) is 25.8 Å². The molecule has 0 radical (unpaired) electrons. The first-order chi connectivity index (χ1) is 6.33. The zero-order chi connectivity index (χ0) is 9.52. The van der Waals surface area contributed by atoms with Gasteiger partial charge in [-0.2, -0.15) is 5.26 Å². The van der Waals surface area contributed by atoms with Crippen LogP contribution in [0.15, 0.2) is 11.6 Å². The van der Waals surface area contributed by atoms with E-state index >= 15 is 0 Å². The summed E-state index contributed by atoms with van der Waals surface area (Å²) in [6.07, 6.45) is 3.80. The lowest BCUT2D eigenvalue weighted by Crippen LogP contribution is -2.29. The molecule has 1 heterocycles. The zero-order valence-electron chi connectivity index (χ0n) is 8.05. The van der Waals surface area contributed by atoms with Crippen molar-refractivity contribution in [3.05, 3.63) is 11.6 Å². The molecular formula is C10H16N2O. The Morgan fingerprint density at radius 2 is 2.62 bits per heavy atom. The van der Waals surface area contributed by atoms with Crippen molar-refractivity contribution in [1.82, 2.24) is 5.32 Å². The highest BCUT2D eigenvalue weighted by Gasteiger charge is 2.05. The molecule has 0 fully saturated rings. The van der Waals surface area contributed by atoms with Gasteiger partial charge < -0.3 is 10.1 Å². The maximum atomic E-state index is 8.44. The minimum Gasteiger partial charge on any atom is -0.377 e. The van der Waals surface area contributed by atoms with E-state index < -0.39 is 0 Å². The number of hydrogen-bond acceptors (Lipinski definition) is 3. The van der Waals surface area contributed by atoms with E-state index in [9.17, 15) is 0 Å². The average Bonchev–Trinajstić information content (AvgIpc) is 2.17. The van der Waals surface area contributed by atoms with Gasteiger partial charge in [0, 0.05) is 12.6 Å². The minimum absolute atomic E-state index is 0.271. The first-order valence-electron chi connectivity index (χ1n) is 4.69. The molecule has 72 valence electrons. The molecule has 0 aromatic carbocycles. The summed E-state index contributed by atoms with van der Waals surface area (Å²) < 4.78 is 5.30. The molecule has 1 aliphatic rings. The maximum Gasteiger partial charge on any atom is 0.0689 e. The Kier molecular flexibility index (Phi) is 4.52. The highest BCUT2D eigenvalue weighted by Crippen LogP contribution is 2.04. The first-order valence-corrected chi connectivity index (χ1v) is 4.69. The molecule has 0 saturated carbocycles. The topological polar surface area (TPSA) is 45.0 Å². The third-order valence-electron chi connectivity index (χ3n) is 2.06. The Bertz CT molecular complexity index is 217. The SMILES string of the molecule is CC(CC#N)NCC1=CCCOC1. The van der Waals surface area contributed by atoms with E-state index in [1.807, 2.05) is 6.92 Å². The summed E-state index contributed by atoms with van der Waals surface area (Å²) in [4.78, 5) is 0. The van der Waals surface area contributed by atoms with Crippen LogP contribution in [0.1, 0.15) is 19.8 Å². The van der Waals surface area contributed by atoms with Crippen molar-refractivity contribution in [2.75, 3.05) is 19.8 Å². The van der Waals surface area contributed by atoms with Crippen LogP contribution in [0.5, 0.6) is 0 Å². The normalized spacial score (nSPS) is 18.9. The second-order valence-electron chi connectivity index (χ2n) is 3.35. The summed E-state index contributed by atoms with van der Waals surface area (Å²) in [5, 5.41) is 11.7. The molecule has 0 aromatic heterocycles. The van der Waals surface area contributed by atoms with Crippen LogP contribution in [0, 0.1) is 11.3 Å². The molecule has 0 saturated heterocycles. The van der Waals surface area contributed by atoms with Gasteiger partial charge in [-0.3, -0.25) is 0 Å². The van der Waals surface area contributed by atoms with Crippen molar-refractivity contribution in [1.29, 1.82) is 5.26 Å². The molecule has 0 amide bonds. The lowest BCUT2D eigenvalue weighted by atomic mass is 10.2. The van der Waals surface area contributed by atoms with Gasteiger partial charge in [0.05, 0.1) is 25.7 Å². The van der Waals surface area contributed by atoms with Crippen LogP contribution in [0.4, 0.5) is 0 Å². The van der Waals surface area contributed by atoms with Crippen molar-refractivity contribution in [3.63, 3.8) is 0 Å². The summed E-state index contributed by atoms with van der Waals surface area (Å²) in [7, 11) is 0. The molecule has 0 bridgehead atoms. The van der Waals surface area contributed by atoms with Gasteiger partial charge >= 0.3 is 0 Å². The Labute approximate surface area is 79.4 Å². The van der Waals surface area contributed by atoms with E-state index in [2.05, 4.69) is 17.5 Å². The van der Waals surface area contributed by atoms with Gasteiger partial charge in [-0.1, -0.05) is 6.08 Å². The van der Waals surface area contributed by atoms with Gasteiger partial charge in [0.25, 0.3) is 0 Å². The van der Waals surface area contributed by atoms with Crippen LogP contribution >= 0.6 is 0 Å². The summed E-state index contributed by atoms with van der Waals surface area (Å²) in [5.41, 5.74) is 1.30. The smallest absolute Gasteiger partial charge is 0.0689 e. The Hall–Kier alpha value is -0.850. The third kappa shape index (κ3) is 4.07. The van der Waals surface area contributed by atoms with Crippen LogP contribution in [-0.2, 0) is 4.74 Å². The predicted molar refractivity (Wildman–Crippen MR) is 51.2 cm³/mol. The second kappa shape index (κ2) is 5.74. The summed E-state index contributed by atoms with van der Waals surface area (Å²) in [6, 6.07) is 2.41. The van der Waals surface area contributed by atoms with Crippen molar-refractivity contribution in [3.8, 4) is 6.07 Å². The van der Waals surface area contributed by atoms with E-state index in [-0.39, 0.29) is 6.04 Å². The summed E-state index contributed by atoms with van der Waals surface area (Å²) in [6.45, 7) is 4.46. The number of nitrogens with zero attached hydrogens (tertiary/aromatic N) is 1. The quantitative estimate of drug-likeness (QED) is 0.662. The van der Waals surface area contributed by atoms with Gasteiger partial charge in [0.2, 0.25) is 0 Å². The molecule has 1 aliphatic heterocycles. The average molecular weight is 180 g/mol. The molecule has 1 unspecified atom stereocenters. The van der Waals surface area contributed by atoms with Gasteiger partial charge in [-0.25, -0.2) is 0 Å². The molecule has 1 atom stereocenters. The highest BCUT2D eigenvalue weighted by molar-refractivity contribution is 5.07. The minimum atomic E-state index is 0.271. The summed E-state index contributed by atoms with van der Waals surface area (Å²) in [5.74, 6) is 0. The molecule has 1 rings (SSSR count). The maximum absolute atomic E-state index is 8.44. The molecule has 0 aliphatic carbocycles. The fourth-order valence-corrected chi connectivity index (χ4v) is 1.25. The highest BCUT2D eigenvalue weighted by atomic mass is 16.5. The van der Waals surface area contributed by atoms with Crippen molar-refractivity contribution < 1.29 is 4.74 Å². The molecular weight excluding hydrogens is 164 g/mol. The van der Waals surface area contributed by atoms with Crippen LogP contribution in [0.25, 0.3) is 0 Å². The van der Waals surface area contributed by atoms with E-state index in [1.165, 1.54) is 5.57 Å². The van der Waals surface area contributed by atoms with Crippen molar-refractivity contribution in [2.24, 2.45) is 0 Å². The van der Waals surface area contributed by atoms with Crippen molar-refractivity contribution >= 4 is 0 Å². The lowest BCUT2D eigenvalue weighted by Gasteiger charge is -2.16. The van der Waals surface area contributed by atoms with E-state index in [0.29, 0.717) is 6.42 Å². The standard InChI is InChI=1S/C10H16N2O/c1-9(4-5-11)12-7-10-3-2-6-13-8-10/h3,9,12H,2,4,6-8H2,1H3. The number of nitriles is 1. The number of hydrogen-bond donors (Lipinski definition) is 1. The lowest BCUT2D eigenvalue weighted by molar-refractivity contribution is 0.148. The Morgan fingerprint density at radius 1 is 1.77 bits per heavy atom. The molecule has 3 heteroatoms. The molecule has 1 N–H and O–H groups in total. The molecule has 13 heavy (non-hydrogen) atoms. The van der Waals surface area contributed by atoms with Gasteiger partial charge in [0.15, 0.2) is 0 Å². The second-order valence-corrected chi connectivity index (χ2v) is 3.35. The van der Waals surface area contributed by atoms with E-state index in [0.717, 1.165) is 26.2 Å². The van der Waals surface area contributed by atoms with Gasteiger partial charge in [-0.15, -0.1) is 0 Å². The van der Waals surface area contributed by atoms with Crippen LogP contribution in [0.2, 0.25) is 0 Å². The van der Waals surface area contributed by atoms with Crippen molar-refractivity contribution in [2.45, 2.75) is 25.8 Å². The van der Waals surface area contributed by atoms with Crippen LogP contribution in [0.3, 0.4) is 0 Å². The van der Waals surface area contributed by atoms with E-state index in [4.69, 9.17) is 10.00 Å². The number of ether oxygens (including phenoxy) is 1. The third-order valence-corrected chi connectivity index (χ3v) is 2.06. The fraction of sp³-hybridized carbons (Fsp3) is 0.700. The zero-order valence-corrected chi connectivity index (χ0v) is 8.05. The Balaban J connectivity index is 2.18. The number of nitrogens with one attached hydrogen (secondary N) is 1. The first kappa shape index (κ1) is 10.2. The Morgan fingerprint density at radius 3 is 3.23 bits per heavy atom. The van der Waals surface area contributed by atoms with E-state index in [1.54, 1.807) is 0 Å². The number of rotatable bonds is 4. The fourth-order valence-electron chi connectivity index (χ4n) is 1.25. The monoisotopic (exact) mass is 180 g/mol. The van der Waals surface area contributed by atoms with Gasteiger partial charge in [0.1, 0.15) is 0 Å². The molecule has 0 spiro atoms. The molecule has 3 nitrogen and oxygen atoms in total.